The number of hydrogen-bond acceptors (Lipinski definition) is 6. The first-order valence-corrected chi connectivity index (χ1v) is 12.2. The van der Waals surface area contributed by atoms with E-state index in [1.54, 1.807) is 0 Å². The number of hydrogen-bond donors (Lipinski definition) is 2. The Kier molecular flexibility index (Phi) is 18.2. The Labute approximate surface area is 206 Å². The number of allylic oxidation sites excluding steroid dienone is 2. The van der Waals surface area contributed by atoms with E-state index in [2.05, 4.69) is 19.1 Å². The van der Waals surface area contributed by atoms with Crippen LogP contribution in [0.15, 0.2) is 30.4 Å². The number of nitro benzene ring substituents is 2. The van der Waals surface area contributed by atoms with E-state index >= 15 is 0 Å². The molecule has 0 heterocycles. The third-order valence-corrected chi connectivity index (χ3v) is 5.27. The van der Waals surface area contributed by atoms with E-state index in [4.69, 9.17) is 10.2 Å². The SMILES string of the molecule is CCCCC/C=C/CCCCCCCCCCC(=O)O.O=C(O)c1cc([N+](=O)[O-])ccc1[N+](=O)[O-]. The molecule has 0 radical (unpaired) electrons. The molecule has 10 heteroatoms. The third kappa shape index (κ3) is 16.9. The minimum Gasteiger partial charge on any atom is -0.481 e. The van der Waals surface area contributed by atoms with E-state index in [-0.39, 0.29) is 0 Å². The second kappa shape index (κ2) is 20.1. The Morgan fingerprint density at radius 3 is 1.77 bits per heavy atom. The Hall–Kier alpha value is -3.30. The molecule has 0 aliphatic carbocycles. The van der Waals surface area contributed by atoms with Crippen LogP contribution in [-0.4, -0.2) is 32.0 Å². The molecule has 0 aliphatic heterocycles. The Morgan fingerprint density at radius 2 is 1.31 bits per heavy atom. The molecule has 0 aliphatic rings. The van der Waals surface area contributed by atoms with Crippen LogP contribution in [0.2, 0.25) is 0 Å². The molecule has 0 saturated heterocycles. The fourth-order valence-electron chi connectivity index (χ4n) is 3.32. The van der Waals surface area contributed by atoms with Crippen LogP contribution < -0.4 is 0 Å². The van der Waals surface area contributed by atoms with Crippen molar-refractivity contribution in [1.29, 1.82) is 0 Å². The molecular weight excluding hydrogens is 456 g/mol. The van der Waals surface area contributed by atoms with E-state index in [1.807, 2.05) is 0 Å². The van der Waals surface area contributed by atoms with Crippen molar-refractivity contribution < 1.29 is 29.6 Å². The summed E-state index contributed by atoms with van der Waals surface area (Å²) in [4.78, 5) is 39.8. The normalized spacial score (nSPS) is 10.5. The number of non-ortho nitro benzene ring substituents is 1. The minimum atomic E-state index is -1.58. The molecule has 2 N–H and O–H groups in total. The fourth-order valence-corrected chi connectivity index (χ4v) is 3.32. The highest BCUT2D eigenvalue weighted by atomic mass is 16.6. The number of aromatic carboxylic acids is 1. The number of unbranched alkanes of at least 4 members (excludes halogenated alkanes) is 11. The monoisotopic (exact) mass is 494 g/mol. The van der Waals surface area contributed by atoms with Gasteiger partial charge in [0.1, 0.15) is 5.56 Å². The van der Waals surface area contributed by atoms with Gasteiger partial charge >= 0.3 is 11.9 Å². The first kappa shape index (κ1) is 31.7. The first-order valence-electron chi connectivity index (χ1n) is 12.2. The van der Waals surface area contributed by atoms with E-state index in [0.29, 0.717) is 12.5 Å². The van der Waals surface area contributed by atoms with E-state index in [0.717, 1.165) is 25.0 Å². The molecular formula is C25H38N2O8. The van der Waals surface area contributed by atoms with Crippen LogP contribution in [-0.2, 0) is 4.79 Å². The van der Waals surface area contributed by atoms with Gasteiger partial charge in [-0.3, -0.25) is 25.0 Å². The van der Waals surface area contributed by atoms with E-state index < -0.39 is 38.7 Å². The summed E-state index contributed by atoms with van der Waals surface area (Å²) in [5.74, 6) is -2.24. The summed E-state index contributed by atoms with van der Waals surface area (Å²) in [7, 11) is 0. The molecule has 0 unspecified atom stereocenters. The average molecular weight is 495 g/mol. The van der Waals surface area contributed by atoms with Gasteiger partial charge in [-0.25, -0.2) is 4.79 Å². The van der Waals surface area contributed by atoms with Gasteiger partial charge < -0.3 is 10.2 Å². The Bertz CT molecular complexity index is 824. The molecule has 1 aromatic carbocycles. The number of nitro groups is 2. The molecule has 0 amide bonds. The topological polar surface area (TPSA) is 161 Å². The van der Waals surface area contributed by atoms with Crippen molar-refractivity contribution in [3.05, 3.63) is 56.1 Å². The van der Waals surface area contributed by atoms with E-state index in [1.165, 1.54) is 70.6 Å². The van der Waals surface area contributed by atoms with Gasteiger partial charge in [-0.1, -0.05) is 70.4 Å². The van der Waals surface area contributed by atoms with Crippen LogP contribution in [0.4, 0.5) is 11.4 Å². The maximum absolute atomic E-state index is 10.6. The Balaban J connectivity index is 0.000000686. The summed E-state index contributed by atoms with van der Waals surface area (Å²) >= 11 is 0. The number of rotatable bonds is 18. The van der Waals surface area contributed by atoms with Gasteiger partial charge in [0.15, 0.2) is 0 Å². The smallest absolute Gasteiger partial charge is 0.342 e. The van der Waals surface area contributed by atoms with Gasteiger partial charge in [0.2, 0.25) is 0 Å². The van der Waals surface area contributed by atoms with Gasteiger partial charge in [0.05, 0.1) is 9.85 Å². The van der Waals surface area contributed by atoms with Crippen LogP contribution in [0.3, 0.4) is 0 Å². The zero-order chi connectivity index (χ0) is 26.5. The number of benzene rings is 1. The quantitative estimate of drug-likeness (QED) is 0.0928. The van der Waals surface area contributed by atoms with E-state index in [9.17, 15) is 29.8 Å². The van der Waals surface area contributed by atoms with Crippen molar-refractivity contribution in [2.24, 2.45) is 0 Å². The van der Waals surface area contributed by atoms with Crippen molar-refractivity contribution in [1.82, 2.24) is 0 Å². The average Bonchev–Trinajstić information content (AvgIpc) is 2.81. The fraction of sp³-hybridized carbons (Fsp3) is 0.600. The van der Waals surface area contributed by atoms with Crippen LogP contribution >= 0.6 is 0 Å². The standard InChI is InChI=1S/C18H34O2.C7H4N2O6/c1-2-3-4-5-6-7-8-9-10-11-12-13-14-15-16-17-18(19)20;10-7(11)5-3-4(8(12)13)1-2-6(5)9(14)15/h6-7H,2-5,8-17H2,1H3,(H,19,20);1-3H,(H,10,11)/b7-6+;. The van der Waals surface area contributed by atoms with Gasteiger partial charge in [-0.05, 0) is 32.1 Å². The van der Waals surface area contributed by atoms with Gasteiger partial charge in [0.25, 0.3) is 11.4 Å². The summed E-state index contributed by atoms with van der Waals surface area (Å²) in [6.45, 7) is 2.25. The third-order valence-electron chi connectivity index (χ3n) is 5.27. The number of carbonyl (C=O) groups is 2. The second-order valence-electron chi connectivity index (χ2n) is 8.25. The summed E-state index contributed by atoms with van der Waals surface area (Å²) in [5.41, 5.74) is -1.87. The zero-order valence-electron chi connectivity index (χ0n) is 20.5. The van der Waals surface area contributed by atoms with Crippen molar-refractivity contribution in [3.8, 4) is 0 Å². The lowest BCUT2D eigenvalue weighted by molar-refractivity contribution is -0.389. The largest absolute Gasteiger partial charge is 0.481 e. The molecule has 0 spiro atoms. The van der Waals surface area contributed by atoms with Crippen molar-refractivity contribution in [2.75, 3.05) is 0 Å². The maximum Gasteiger partial charge on any atom is 0.342 e. The first-order chi connectivity index (χ1) is 16.7. The molecule has 196 valence electrons. The molecule has 10 nitrogen and oxygen atoms in total. The number of carboxylic acid groups (broad SMARTS) is 2. The summed E-state index contributed by atoms with van der Waals surface area (Å²) in [6, 6.07) is 2.33. The highest BCUT2D eigenvalue weighted by Gasteiger charge is 2.23. The van der Waals surface area contributed by atoms with Crippen molar-refractivity contribution >= 4 is 23.3 Å². The predicted molar refractivity (Wildman–Crippen MR) is 134 cm³/mol. The van der Waals surface area contributed by atoms with Gasteiger partial charge in [0, 0.05) is 24.6 Å². The lowest BCUT2D eigenvalue weighted by Gasteiger charge is -2.00. The maximum atomic E-state index is 10.6. The lowest BCUT2D eigenvalue weighted by atomic mass is 10.1. The van der Waals surface area contributed by atoms with Crippen molar-refractivity contribution in [2.45, 2.75) is 96.8 Å². The molecule has 0 fully saturated rings. The number of carboxylic acids is 2. The molecule has 0 atom stereocenters. The summed E-state index contributed by atoms with van der Waals surface area (Å²) < 4.78 is 0. The van der Waals surface area contributed by atoms with Gasteiger partial charge in [-0.2, -0.15) is 0 Å². The summed E-state index contributed by atoms with van der Waals surface area (Å²) in [5, 5.41) is 37.8. The Morgan fingerprint density at radius 1 is 0.800 bits per heavy atom. The molecule has 1 rings (SSSR count). The molecule has 35 heavy (non-hydrogen) atoms. The number of nitrogens with zero attached hydrogens (tertiary/aromatic N) is 2. The second-order valence-corrected chi connectivity index (χ2v) is 8.25. The van der Waals surface area contributed by atoms with Gasteiger partial charge in [-0.15, -0.1) is 0 Å². The zero-order valence-corrected chi connectivity index (χ0v) is 20.5. The molecule has 0 bridgehead atoms. The lowest BCUT2D eigenvalue weighted by Crippen LogP contribution is -2.03. The van der Waals surface area contributed by atoms with Crippen LogP contribution in [0.5, 0.6) is 0 Å². The van der Waals surface area contributed by atoms with Crippen LogP contribution in [0, 0.1) is 20.2 Å². The number of aliphatic carboxylic acids is 1. The summed E-state index contributed by atoms with van der Waals surface area (Å²) in [6.07, 6.45) is 21.2. The van der Waals surface area contributed by atoms with Crippen LogP contribution in [0.1, 0.15) is 107 Å². The highest BCUT2D eigenvalue weighted by molar-refractivity contribution is 5.93. The molecule has 0 aromatic heterocycles. The minimum absolute atomic E-state index is 0.338. The molecule has 1 aromatic rings. The van der Waals surface area contributed by atoms with Crippen LogP contribution in [0.25, 0.3) is 0 Å². The molecule has 0 saturated carbocycles. The predicted octanol–water partition coefficient (Wildman–Crippen LogP) is 7.31. The highest BCUT2D eigenvalue weighted by Crippen LogP contribution is 2.23. The van der Waals surface area contributed by atoms with Crippen molar-refractivity contribution in [3.63, 3.8) is 0 Å².